The predicted molar refractivity (Wildman–Crippen MR) is 63.3 cm³/mol. The fraction of sp³-hybridized carbons (Fsp3) is 0.455. The molecule has 5 heteroatoms. The van der Waals surface area contributed by atoms with Crippen LogP contribution in [-0.4, -0.2) is 16.4 Å². The van der Waals surface area contributed by atoms with Crippen molar-refractivity contribution in [2.45, 2.75) is 31.2 Å². The van der Waals surface area contributed by atoms with Crippen LogP contribution in [0.15, 0.2) is 18.3 Å². The van der Waals surface area contributed by atoms with Crippen molar-refractivity contribution in [3.05, 3.63) is 23.4 Å². The molecule has 0 radical (unpaired) electrons. The summed E-state index contributed by atoms with van der Waals surface area (Å²) in [5.41, 5.74) is 5.67. The fourth-order valence-electron chi connectivity index (χ4n) is 1.78. The van der Waals surface area contributed by atoms with Crippen LogP contribution < -0.4 is 11.1 Å². The van der Waals surface area contributed by atoms with Gasteiger partial charge in [0, 0.05) is 18.2 Å². The molecule has 0 unspecified atom stereocenters. The Morgan fingerprint density at radius 1 is 1.62 bits per heavy atom. The summed E-state index contributed by atoms with van der Waals surface area (Å²) >= 11 is 5.88. The molecule has 1 aromatic heterocycles. The molecular weight excluding hydrogens is 226 g/mol. The zero-order valence-electron chi connectivity index (χ0n) is 8.87. The topological polar surface area (TPSA) is 68.0 Å². The van der Waals surface area contributed by atoms with Crippen molar-refractivity contribution in [2.75, 3.05) is 5.32 Å². The van der Waals surface area contributed by atoms with Gasteiger partial charge in [0.05, 0.1) is 5.02 Å². The second-order valence-electron chi connectivity index (χ2n) is 4.27. The van der Waals surface area contributed by atoms with Crippen molar-refractivity contribution >= 4 is 23.3 Å². The molecule has 1 fully saturated rings. The Bertz CT molecular complexity index is 404. The SMILES string of the molecule is NC1(CC(=O)Nc2ncccc2Cl)CCC1. The summed E-state index contributed by atoms with van der Waals surface area (Å²) in [6.07, 6.45) is 4.85. The van der Waals surface area contributed by atoms with Crippen LogP contribution in [0.1, 0.15) is 25.7 Å². The summed E-state index contributed by atoms with van der Waals surface area (Å²) in [6.45, 7) is 0. The Balaban J connectivity index is 1.95. The maximum absolute atomic E-state index is 11.7. The highest BCUT2D eigenvalue weighted by Gasteiger charge is 2.34. The van der Waals surface area contributed by atoms with Gasteiger partial charge in [-0.1, -0.05) is 11.6 Å². The van der Waals surface area contributed by atoms with Gasteiger partial charge in [0.2, 0.25) is 5.91 Å². The number of nitrogens with zero attached hydrogens (tertiary/aromatic N) is 1. The lowest BCUT2D eigenvalue weighted by molar-refractivity contribution is -0.118. The number of nitrogens with one attached hydrogen (secondary N) is 1. The largest absolute Gasteiger partial charge is 0.325 e. The minimum atomic E-state index is -0.314. The number of carbonyl (C=O) groups is 1. The van der Waals surface area contributed by atoms with E-state index in [4.69, 9.17) is 17.3 Å². The Labute approximate surface area is 99.2 Å². The maximum atomic E-state index is 11.7. The molecule has 1 saturated carbocycles. The van der Waals surface area contributed by atoms with E-state index in [0.717, 1.165) is 19.3 Å². The normalized spacial score (nSPS) is 17.6. The number of rotatable bonds is 3. The smallest absolute Gasteiger partial charge is 0.227 e. The predicted octanol–water partition coefficient (Wildman–Crippen LogP) is 1.94. The van der Waals surface area contributed by atoms with Crippen LogP contribution in [-0.2, 0) is 4.79 Å². The van der Waals surface area contributed by atoms with E-state index < -0.39 is 0 Å². The summed E-state index contributed by atoms with van der Waals surface area (Å²) in [6, 6.07) is 3.40. The van der Waals surface area contributed by atoms with E-state index in [2.05, 4.69) is 10.3 Å². The third-order valence-electron chi connectivity index (χ3n) is 2.88. The van der Waals surface area contributed by atoms with Crippen molar-refractivity contribution in [2.24, 2.45) is 5.73 Å². The van der Waals surface area contributed by atoms with E-state index in [1.807, 2.05) is 0 Å². The summed E-state index contributed by atoms with van der Waals surface area (Å²) in [4.78, 5) is 15.7. The number of halogens is 1. The van der Waals surface area contributed by atoms with Gasteiger partial charge in [-0.3, -0.25) is 4.79 Å². The molecule has 0 spiro atoms. The number of aromatic nitrogens is 1. The third kappa shape index (κ3) is 2.51. The Morgan fingerprint density at radius 2 is 2.38 bits per heavy atom. The highest BCUT2D eigenvalue weighted by atomic mass is 35.5. The molecule has 1 aliphatic rings. The molecule has 86 valence electrons. The first-order chi connectivity index (χ1) is 7.59. The van der Waals surface area contributed by atoms with Crippen LogP contribution in [0.5, 0.6) is 0 Å². The Hall–Kier alpha value is -1.13. The minimum Gasteiger partial charge on any atom is -0.325 e. The first-order valence-electron chi connectivity index (χ1n) is 5.28. The average molecular weight is 240 g/mol. The lowest BCUT2D eigenvalue weighted by atomic mass is 9.75. The number of pyridine rings is 1. The number of carbonyl (C=O) groups excluding carboxylic acids is 1. The maximum Gasteiger partial charge on any atom is 0.227 e. The van der Waals surface area contributed by atoms with Gasteiger partial charge in [-0.15, -0.1) is 0 Å². The van der Waals surface area contributed by atoms with E-state index in [0.29, 0.717) is 17.3 Å². The molecule has 0 atom stereocenters. The Morgan fingerprint density at radius 3 is 2.94 bits per heavy atom. The van der Waals surface area contributed by atoms with Gasteiger partial charge in [0.25, 0.3) is 0 Å². The van der Waals surface area contributed by atoms with E-state index in [1.165, 1.54) is 0 Å². The molecule has 1 aliphatic carbocycles. The molecule has 0 bridgehead atoms. The molecule has 0 aromatic carbocycles. The van der Waals surface area contributed by atoms with E-state index in [1.54, 1.807) is 18.3 Å². The zero-order valence-corrected chi connectivity index (χ0v) is 9.63. The second kappa shape index (κ2) is 4.39. The third-order valence-corrected chi connectivity index (χ3v) is 3.18. The van der Waals surface area contributed by atoms with Crippen LogP contribution in [0.4, 0.5) is 5.82 Å². The monoisotopic (exact) mass is 239 g/mol. The van der Waals surface area contributed by atoms with Crippen molar-refractivity contribution in [3.63, 3.8) is 0 Å². The zero-order chi connectivity index (χ0) is 11.6. The molecule has 1 aromatic rings. The molecule has 4 nitrogen and oxygen atoms in total. The quantitative estimate of drug-likeness (QED) is 0.847. The summed E-state index contributed by atoms with van der Waals surface area (Å²) < 4.78 is 0. The Kier molecular flexibility index (Phi) is 3.12. The van der Waals surface area contributed by atoms with Crippen LogP contribution in [0.25, 0.3) is 0 Å². The number of anilines is 1. The molecule has 16 heavy (non-hydrogen) atoms. The van der Waals surface area contributed by atoms with Gasteiger partial charge in [-0.25, -0.2) is 4.98 Å². The number of hydrogen-bond donors (Lipinski definition) is 2. The first kappa shape index (κ1) is 11.4. The molecule has 0 aliphatic heterocycles. The number of hydrogen-bond acceptors (Lipinski definition) is 3. The van der Waals surface area contributed by atoms with Gasteiger partial charge >= 0.3 is 0 Å². The lowest BCUT2D eigenvalue weighted by Crippen LogP contribution is -2.49. The van der Waals surface area contributed by atoms with E-state index in [9.17, 15) is 4.79 Å². The van der Waals surface area contributed by atoms with Crippen LogP contribution >= 0.6 is 11.6 Å². The standard InChI is InChI=1S/C11H14ClN3O/c12-8-3-1-6-14-10(8)15-9(16)7-11(13)4-2-5-11/h1,3,6H,2,4-5,7,13H2,(H,14,15,16). The van der Waals surface area contributed by atoms with E-state index in [-0.39, 0.29) is 11.4 Å². The number of nitrogens with two attached hydrogens (primary N) is 1. The molecule has 0 saturated heterocycles. The van der Waals surface area contributed by atoms with Crippen LogP contribution in [0.2, 0.25) is 5.02 Å². The average Bonchev–Trinajstić information content (AvgIpc) is 2.19. The molecular formula is C11H14ClN3O. The molecule has 3 N–H and O–H groups in total. The molecule has 1 heterocycles. The van der Waals surface area contributed by atoms with Crippen molar-refractivity contribution in [1.82, 2.24) is 4.98 Å². The second-order valence-corrected chi connectivity index (χ2v) is 4.68. The van der Waals surface area contributed by atoms with Gasteiger partial charge < -0.3 is 11.1 Å². The molecule has 2 rings (SSSR count). The van der Waals surface area contributed by atoms with Gasteiger partial charge in [-0.2, -0.15) is 0 Å². The van der Waals surface area contributed by atoms with Crippen molar-refractivity contribution in [3.8, 4) is 0 Å². The van der Waals surface area contributed by atoms with Crippen molar-refractivity contribution in [1.29, 1.82) is 0 Å². The van der Waals surface area contributed by atoms with Crippen LogP contribution in [0.3, 0.4) is 0 Å². The summed E-state index contributed by atoms with van der Waals surface area (Å²) in [7, 11) is 0. The molecule has 1 amide bonds. The highest BCUT2D eigenvalue weighted by molar-refractivity contribution is 6.33. The lowest BCUT2D eigenvalue weighted by Gasteiger charge is -2.37. The van der Waals surface area contributed by atoms with E-state index >= 15 is 0 Å². The number of amides is 1. The summed E-state index contributed by atoms with van der Waals surface area (Å²) in [5, 5.41) is 3.11. The summed E-state index contributed by atoms with van der Waals surface area (Å²) in [5.74, 6) is 0.278. The first-order valence-corrected chi connectivity index (χ1v) is 5.66. The van der Waals surface area contributed by atoms with Crippen LogP contribution in [0, 0.1) is 0 Å². The van der Waals surface area contributed by atoms with Crippen molar-refractivity contribution < 1.29 is 4.79 Å². The fourth-order valence-corrected chi connectivity index (χ4v) is 1.95. The van der Waals surface area contributed by atoms with Gasteiger partial charge in [0.1, 0.15) is 0 Å². The van der Waals surface area contributed by atoms with Gasteiger partial charge in [-0.05, 0) is 31.4 Å². The highest BCUT2D eigenvalue weighted by Crippen LogP contribution is 2.32. The van der Waals surface area contributed by atoms with Gasteiger partial charge in [0.15, 0.2) is 5.82 Å². The minimum absolute atomic E-state index is 0.122.